The fraction of sp³-hybridized carbons (Fsp3) is 0.667. The van der Waals surface area contributed by atoms with E-state index in [2.05, 4.69) is 27.5 Å². The minimum absolute atomic E-state index is 0.200. The summed E-state index contributed by atoms with van der Waals surface area (Å²) in [5, 5.41) is 6.55. The molecule has 6 heteroatoms. The van der Waals surface area contributed by atoms with E-state index in [9.17, 15) is 0 Å². The van der Waals surface area contributed by atoms with Gasteiger partial charge in [0, 0.05) is 39.0 Å². The number of methoxy groups -OCH3 is 1. The number of rotatable bonds is 7. The van der Waals surface area contributed by atoms with Gasteiger partial charge in [0.25, 0.3) is 0 Å². The summed E-state index contributed by atoms with van der Waals surface area (Å²) in [7, 11) is 3.45. The van der Waals surface area contributed by atoms with Crippen molar-refractivity contribution in [1.82, 2.24) is 15.6 Å². The third-order valence-corrected chi connectivity index (χ3v) is 4.12. The molecule has 1 aliphatic carbocycles. The number of ether oxygens (including phenoxy) is 2. The summed E-state index contributed by atoms with van der Waals surface area (Å²) >= 11 is 0. The lowest BCUT2D eigenvalue weighted by molar-refractivity contribution is 0.148. The molecule has 2 rings (SSSR count). The standard InChI is InChI=1S/C18H30N4O2/c1-14(13-23-3)22-18(19-2)21-12-15-9-10-17(20-11-15)24-16-7-5-4-6-8-16/h9-11,14,16H,4-8,12-13H2,1-3H3,(H2,19,21,22). The number of nitrogens with zero attached hydrogens (tertiary/aromatic N) is 2. The Bertz CT molecular complexity index is 498. The fourth-order valence-electron chi connectivity index (χ4n) is 2.84. The molecule has 1 fully saturated rings. The third-order valence-electron chi connectivity index (χ3n) is 4.12. The minimum atomic E-state index is 0.200. The summed E-state index contributed by atoms with van der Waals surface area (Å²) in [5.41, 5.74) is 1.09. The highest BCUT2D eigenvalue weighted by atomic mass is 16.5. The van der Waals surface area contributed by atoms with Crippen LogP contribution in [0.15, 0.2) is 23.3 Å². The Labute approximate surface area is 145 Å². The van der Waals surface area contributed by atoms with Gasteiger partial charge in [0.05, 0.1) is 6.61 Å². The van der Waals surface area contributed by atoms with Gasteiger partial charge in [-0.15, -0.1) is 0 Å². The van der Waals surface area contributed by atoms with Gasteiger partial charge in [-0.1, -0.05) is 12.5 Å². The smallest absolute Gasteiger partial charge is 0.213 e. The minimum Gasteiger partial charge on any atom is -0.474 e. The number of pyridine rings is 1. The summed E-state index contributed by atoms with van der Waals surface area (Å²) in [6.45, 7) is 3.35. The number of hydrogen-bond acceptors (Lipinski definition) is 4. The highest BCUT2D eigenvalue weighted by molar-refractivity contribution is 5.79. The van der Waals surface area contributed by atoms with Gasteiger partial charge in [-0.25, -0.2) is 4.98 Å². The van der Waals surface area contributed by atoms with E-state index in [0.29, 0.717) is 19.3 Å². The number of guanidine groups is 1. The van der Waals surface area contributed by atoms with Gasteiger partial charge in [0.2, 0.25) is 5.88 Å². The Hall–Kier alpha value is -1.82. The second kappa shape index (κ2) is 10.1. The second-order valence-corrected chi connectivity index (χ2v) is 6.31. The van der Waals surface area contributed by atoms with Crippen LogP contribution < -0.4 is 15.4 Å². The van der Waals surface area contributed by atoms with E-state index >= 15 is 0 Å². The van der Waals surface area contributed by atoms with E-state index in [1.165, 1.54) is 19.3 Å². The number of hydrogen-bond donors (Lipinski definition) is 2. The molecule has 1 saturated carbocycles. The third kappa shape index (κ3) is 6.35. The lowest BCUT2D eigenvalue weighted by Gasteiger charge is -2.22. The maximum absolute atomic E-state index is 5.96. The molecule has 0 amide bonds. The highest BCUT2D eigenvalue weighted by Gasteiger charge is 2.15. The number of aromatic nitrogens is 1. The van der Waals surface area contributed by atoms with Gasteiger partial charge < -0.3 is 20.1 Å². The van der Waals surface area contributed by atoms with Crippen molar-refractivity contribution < 1.29 is 9.47 Å². The SMILES string of the molecule is CN=C(NCc1ccc(OC2CCCCC2)nc1)NC(C)COC. The summed E-state index contributed by atoms with van der Waals surface area (Å²) in [6.07, 6.45) is 8.34. The average Bonchev–Trinajstić information content (AvgIpc) is 2.61. The molecule has 0 aliphatic heterocycles. The zero-order valence-electron chi connectivity index (χ0n) is 15.0. The molecule has 1 aromatic heterocycles. The van der Waals surface area contributed by atoms with E-state index in [0.717, 1.165) is 30.2 Å². The molecule has 0 bridgehead atoms. The zero-order chi connectivity index (χ0) is 17.2. The first kappa shape index (κ1) is 18.5. The van der Waals surface area contributed by atoms with Gasteiger partial charge >= 0.3 is 0 Å². The van der Waals surface area contributed by atoms with Crippen molar-refractivity contribution >= 4 is 5.96 Å². The molecule has 0 aromatic carbocycles. The largest absolute Gasteiger partial charge is 0.474 e. The Morgan fingerprint density at radius 3 is 2.75 bits per heavy atom. The quantitative estimate of drug-likeness (QED) is 0.592. The maximum Gasteiger partial charge on any atom is 0.213 e. The Kier molecular flexibility index (Phi) is 7.82. The van der Waals surface area contributed by atoms with Crippen molar-refractivity contribution in [2.75, 3.05) is 20.8 Å². The first-order valence-corrected chi connectivity index (χ1v) is 8.79. The van der Waals surface area contributed by atoms with Crippen molar-refractivity contribution in [2.24, 2.45) is 4.99 Å². The van der Waals surface area contributed by atoms with Crippen LogP contribution in [0.4, 0.5) is 0 Å². The molecule has 0 saturated heterocycles. The second-order valence-electron chi connectivity index (χ2n) is 6.31. The Morgan fingerprint density at radius 1 is 1.33 bits per heavy atom. The van der Waals surface area contributed by atoms with Gasteiger partial charge in [-0.05, 0) is 38.2 Å². The molecule has 1 aromatic rings. The van der Waals surface area contributed by atoms with Crippen LogP contribution in [0.5, 0.6) is 5.88 Å². The van der Waals surface area contributed by atoms with Crippen LogP contribution in [-0.2, 0) is 11.3 Å². The molecule has 1 unspecified atom stereocenters. The zero-order valence-corrected chi connectivity index (χ0v) is 15.0. The first-order chi connectivity index (χ1) is 11.7. The molecule has 1 atom stereocenters. The van der Waals surface area contributed by atoms with Crippen molar-refractivity contribution in [1.29, 1.82) is 0 Å². The van der Waals surface area contributed by atoms with Crippen LogP contribution in [-0.4, -0.2) is 43.9 Å². The van der Waals surface area contributed by atoms with Crippen molar-refractivity contribution in [2.45, 2.75) is 57.7 Å². The lowest BCUT2D eigenvalue weighted by Crippen LogP contribution is -2.43. The lowest BCUT2D eigenvalue weighted by atomic mass is 9.98. The normalized spacial score (nSPS) is 17.4. The molecule has 0 spiro atoms. The summed E-state index contributed by atoms with van der Waals surface area (Å²) in [5.74, 6) is 1.48. The van der Waals surface area contributed by atoms with E-state index in [4.69, 9.17) is 9.47 Å². The van der Waals surface area contributed by atoms with Crippen LogP contribution in [0.3, 0.4) is 0 Å². The molecule has 0 radical (unpaired) electrons. The van der Waals surface area contributed by atoms with Gasteiger partial charge in [0.15, 0.2) is 5.96 Å². The topological polar surface area (TPSA) is 67.8 Å². The molecule has 1 aliphatic rings. The predicted molar refractivity (Wildman–Crippen MR) is 96.4 cm³/mol. The monoisotopic (exact) mass is 334 g/mol. The molecule has 6 nitrogen and oxygen atoms in total. The maximum atomic E-state index is 5.96. The van der Waals surface area contributed by atoms with Crippen LogP contribution in [0, 0.1) is 0 Å². The van der Waals surface area contributed by atoms with Gasteiger partial charge in [-0.2, -0.15) is 0 Å². The van der Waals surface area contributed by atoms with Crippen molar-refractivity contribution in [3.8, 4) is 5.88 Å². The van der Waals surface area contributed by atoms with Gasteiger partial charge in [0.1, 0.15) is 6.10 Å². The van der Waals surface area contributed by atoms with Crippen LogP contribution in [0.2, 0.25) is 0 Å². The van der Waals surface area contributed by atoms with E-state index in [-0.39, 0.29) is 6.04 Å². The van der Waals surface area contributed by atoms with Crippen molar-refractivity contribution in [3.05, 3.63) is 23.9 Å². The Balaban J connectivity index is 1.78. The fourth-order valence-corrected chi connectivity index (χ4v) is 2.84. The summed E-state index contributed by atoms with van der Waals surface area (Å²) in [6, 6.07) is 4.20. The number of nitrogens with one attached hydrogen (secondary N) is 2. The van der Waals surface area contributed by atoms with Crippen LogP contribution in [0.25, 0.3) is 0 Å². The molecule has 2 N–H and O–H groups in total. The molecular weight excluding hydrogens is 304 g/mol. The molecule has 134 valence electrons. The molecule has 24 heavy (non-hydrogen) atoms. The van der Waals surface area contributed by atoms with E-state index in [1.807, 2.05) is 18.3 Å². The predicted octanol–water partition coefficient (Wildman–Crippen LogP) is 2.49. The molecule has 1 heterocycles. The van der Waals surface area contributed by atoms with E-state index in [1.54, 1.807) is 14.2 Å². The van der Waals surface area contributed by atoms with Gasteiger partial charge in [-0.3, -0.25) is 4.99 Å². The average molecular weight is 334 g/mol. The summed E-state index contributed by atoms with van der Waals surface area (Å²) < 4.78 is 11.1. The van der Waals surface area contributed by atoms with Crippen LogP contribution >= 0.6 is 0 Å². The molecular formula is C18H30N4O2. The Morgan fingerprint density at radius 2 is 2.12 bits per heavy atom. The van der Waals surface area contributed by atoms with Crippen molar-refractivity contribution in [3.63, 3.8) is 0 Å². The summed E-state index contributed by atoms with van der Waals surface area (Å²) in [4.78, 5) is 8.64. The first-order valence-electron chi connectivity index (χ1n) is 8.79. The van der Waals surface area contributed by atoms with Crippen LogP contribution in [0.1, 0.15) is 44.6 Å². The highest BCUT2D eigenvalue weighted by Crippen LogP contribution is 2.22. The number of aliphatic imine (C=N–C) groups is 1. The van der Waals surface area contributed by atoms with E-state index < -0.39 is 0 Å².